The number of rotatable bonds is 5. The fourth-order valence-corrected chi connectivity index (χ4v) is 3.75. The third-order valence-corrected chi connectivity index (χ3v) is 5.18. The number of nitrogens with zero attached hydrogens (tertiary/aromatic N) is 2. The predicted octanol–water partition coefficient (Wildman–Crippen LogP) is 3.56. The van der Waals surface area contributed by atoms with Crippen LogP contribution in [0.15, 0.2) is 43.1 Å². The van der Waals surface area contributed by atoms with Crippen LogP contribution in [0.1, 0.15) is 31.4 Å². The molecular weight excluding hydrogens is 300 g/mol. The molecule has 0 aliphatic carbocycles. The molecule has 24 heavy (non-hydrogen) atoms. The molecule has 3 rings (SSSR count). The summed E-state index contributed by atoms with van der Waals surface area (Å²) in [4.78, 5) is 6.78. The number of fused-ring (bicyclic) bond motifs is 1. The van der Waals surface area contributed by atoms with Gasteiger partial charge in [0.15, 0.2) is 0 Å². The molecule has 1 aliphatic heterocycles. The highest BCUT2D eigenvalue weighted by molar-refractivity contribution is 5.83. The molecule has 2 heterocycles. The molecule has 1 fully saturated rings. The molecule has 0 saturated carbocycles. The number of likely N-dealkylation sites (tertiary alicyclic amines) is 1. The Hall–Kier alpha value is -1.91. The Morgan fingerprint density at radius 2 is 2.25 bits per heavy atom. The number of hydrogen-bond acceptors (Lipinski definition) is 4. The zero-order chi connectivity index (χ0) is 17.1. The van der Waals surface area contributed by atoms with Crippen LogP contribution in [0, 0.1) is 5.92 Å². The van der Waals surface area contributed by atoms with Gasteiger partial charge in [-0.2, -0.15) is 0 Å². The monoisotopic (exact) mass is 326 g/mol. The first-order valence-electron chi connectivity index (χ1n) is 8.65. The van der Waals surface area contributed by atoms with Crippen molar-refractivity contribution in [2.75, 3.05) is 20.2 Å². The van der Waals surface area contributed by atoms with E-state index in [-0.39, 0.29) is 6.04 Å². The van der Waals surface area contributed by atoms with Crippen molar-refractivity contribution in [2.45, 2.75) is 31.9 Å². The van der Waals surface area contributed by atoms with E-state index in [1.54, 1.807) is 13.3 Å². The first-order chi connectivity index (χ1) is 11.7. The van der Waals surface area contributed by atoms with Crippen LogP contribution in [0.25, 0.3) is 10.9 Å². The van der Waals surface area contributed by atoms with Crippen LogP contribution in [0.4, 0.5) is 0 Å². The Kier molecular flexibility index (Phi) is 5.17. The SMILES string of the molecule is C=C[C@@H]1CCC(C(O)c2ccnc3ccc(OC)cc23)N(CC)C1. The average Bonchev–Trinajstić information content (AvgIpc) is 2.65. The summed E-state index contributed by atoms with van der Waals surface area (Å²) in [6.45, 7) is 7.98. The van der Waals surface area contributed by atoms with Gasteiger partial charge in [0, 0.05) is 24.2 Å². The van der Waals surface area contributed by atoms with E-state index in [0.717, 1.165) is 48.1 Å². The zero-order valence-electron chi connectivity index (χ0n) is 14.5. The number of benzene rings is 1. The molecule has 4 heteroatoms. The molecule has 1 saturated heterocycles. The van der Waals surface area contributed by atoms with Gasteiger partial charge in [-0.25, -0.2) is 0 Å². The summed E-state index contributed by atoms with van der Waals surface area (Å²) in [5.41, 5.74) is 1.81. The van der Waals surface area contributed by atoms with Gasteiger partial charge in [0.05, 0.1) is 18.7 Å². The van der Waals surface area contributed by atoms with Crippen molar-refractivity contribution in [1.82, 2.24) is 9.88 Å². The molecule has 0 bridgehead atoms. The maximum Gasteiger partial charge on any atom is 0.119 e. The van der Waals surface area contributed by atoms with Gasteiger partial charge in [0.2, 0.25) is 0 Å². The van der Waals surface area contributed by atoms with Crippen LogP contribution in [0.3, 0.4) is 0 Å². The van der Waals surface area contributed by atoms with Gasteiger partial charge in [-0.3, -0.25) is 9.88 Å². The van der Waals surface area contributed by atoms with Crippen molar-refractivity contribution in [3.63, 3.8) is 0 Å². The normalized spacial score (nSPS) is 23.1. The van der Waals surface area contributed by atoms with Crippen molar-refractivity contribution in [1.29, 1.82) is 0 Å². The van der Waals surface area contributed by atoms with Crippen molar-refractivity contribution in [3.05, 3.63) is 48.7 Å². The van der Waals surface area contributed by atoms with Crippen LogP contribution in [0.2, 0.25) is 0 Å². The summed E-state index contributed by atoms with van der Waals surface area (Å²) in [6.07, 6.45) is 5.33. The highest BCUT2D eigenvalue weighted by atomic mass is 16.5. The second-order valence-corrected chi connectivity index (χ2v) is 6.46. The van der Waals surface area contributed by atoms with Crippen molar-refractivity contribution in [2.24, 2.45) is 5.92 Å². The molecule has 4 nitrogen and oxygen atoms in total. The van der Waals surface area contributed by atoms with Crippen molar-refractivity contribution in [3.8, 4) is 5.75 Å². The second kappa shape index (κ2) is 7.32. The van der Waals surface area contributed by atoms with Crippen molar-refractivity contribution < 1.29 is 9.84 Å². The Balaban J connectivity index is 1.95. The third-order valence-electron chi connectivity index (χ3n) is 5.18. The fraction of sp³-hybridized carbons (Fsp3) is 0.450. The van der Waals surface area contributed by atoms with E-state index in [9.17, 15) is 5.11 Å². The number of methoxy groups -OCH3 is 1. The van der Waals surface area contributed by atoms with E-state index in [4.69, 9.17) is 4.74 Å². The summed E-state index contributed by atoms with van der Waals surface area (Å²) in [7, 11) is 1.66. The standard InChI is InChI=1S/C20H26N2O2/c1-4-14-6-9-19(22(5-2)13-14)20(23)16-10-11-21-18-8-7-15(24-3)12-17(16)18/h4,7-8,10-12,14,19-20,23H,1,5-6,9,13H2,2-3H3/t14-,19?,20?/m1/s1. The quantitative estimate of drug-likeness (QED) is 0.853. The molecule has 0 spiro atoms. The number of pyridine rings is 1. The van der Waals surface area contributed by atoms with Gasteiger partial charge in [-0.1, -0.05) is 13.0 Å². The van der Waals surface area contributed by atoms with E-state index < -0.39 is 6.10 Å². The van der Waals surface area contributed by atoms with E-state index in [2.05, 4.69) is 23.4 Å². The number of aromatic nitrogens is 1. The number of aliphatic hydroxyl groups is 1. The number of aliphatic hydroxyl groups excluding tert-OH is 1. The first kappa shape index (κ1) is 16.9. The van der Waals surface area contributed by atoms with E-state index in [1.165, 1.54) is 0 Å². The van der Waals surface area contributed by atoms with Gasteiger partial charge in [0.25, 0.3) is 0 Å². The third kappa shape index (κ3) is 3.17. The summed E-state index contributed by atoms with van der Waals surface area (Å²) in [5, 5.41) is 12.1. The molecule has 1 aliphatic rings. The molecule has 1 N–H and O–H groups in total. The maximum atomic E-state index is 11.1. The molecule has 1 aromatic carbocycles. The van der Waals surface area contributed by atoms with Gasteiger partial charge < -0.3 is 9.84 Å². The van der Waals surface area contributed by atoms with E-state index >= 15 is 0 Å². The number of ether oxygens (including phenoxy) is 1. The Morgan fingerprint density at radius 1 is 1.42 bits per heavy atom. The van der Waals surface area contributed by atoms with Crippen molar-refractivity contribution >= 4 is 10.9 Å². The van der Waals surface area contributed by atoms with Crippen LogP contribution >= 0.6 is 0 Å². The lowest BCUT2D eigenvalue weighted by Crippen LogP contribution is -2.46. The topological polar surface area (TPSA) is 45.6 Å². The van der Waals surface area contributed by atoms with Gasteiger partial charge in [-0.05, 0) is 55.1 Å². The molecular formula is C20H26N2O2. The van der Waals surface area contributed by atoms with Gasteiger partial charge >= 0.3 is 0 Å². The summed E-state index contributed by atoms with van der Waals surface area (Å²) < 4.78 is 5.34. The Morgan fingerprint density at radius 3 is 2.96 bits per heavy atom. The number of likely N-dealkylation sites (N-methyl/N-ethyl adjacent to an activating group) is 1. The molecule has 2 aromatic rings. The molecule has 2 unspecified atom stereocenters. The van der Waals surface area contributed by atoms with Gasteiger partial charge in [-0.15, -0.1) is 6.58 Å². The number of piperidine rings is 1. The minimum absolute atomic E-state index is 0.128. The summed E-state index contributed by atoms with van der Waals surface area (Å²) >= 11 is 0. The van der Waals surface area contributed by atoms with E-state index in [0.29, 0.717) is 5.92 Å². The molecule has 0 radical (unpaired) electrons. The molecule has 3 atom stereocenters. The lowest BCUT2D eigenvalue weighted by molar-refractivity contribution is 0.0183. The van der Waals surface area contributed by atoms with Crippen LogP contribution in [0.5, 0.6) is 5.75 Å². The second-order valence-electron chi connectivity index (χ2n) is 6.46. The number of hydrogen-bond donors (Lipinski definition) is 1. The summed E-state index contributed by atoms with van der Waals surface area (Å²) in [6, 6.07) is 7.87. The minimum Gasteiger partial charge on any atom is -0.497 e. The highest BCUT2D eigenvalue weighted by Gasteiger charge is 2.32. The largest absolute Gasteiger partial charge is 0.497 e. The molecule has 0 amide bonds. The van der Waals surface area contributed by atoms with Gasteiger partial charge in [0.1, 0.15) is 5.75 Å². The predicted molar refractivity (Wildman–Crippen MR) is 97.2 cm³/mol. The lowest BCUT2D eigenvalue weighted by Gasteiger charge is -2.41. The van der Waals surface area contributed by atoms with E-state index in [1.807, 2.05) is 30.3 Å². The minimum atomic E-state index is -0.534. The molecule has 1 aromatic heterocycles. The zero-order valence-corrected chi connectivity index (χ0v) is 14.5. The summed E-state index contributed by atoms with van der Waals surface area (Å²) in [5.74, 6) is 1.30. The maximum absolute atomic E-state index is 11.1. The van der Waals surface area contributed by atoms with Crippen LogP contribution < -0.4 is 4.74 Å². The first-order valence-corrected chi connectivity index (χ1v) is 8.65. The Labute approximate surface area is 143 Å². The lowest BCUT2D eigenvalue weighted by atomic mass is 9.87. The Bertz CT molecular complexity index is 716. The smallest absolute Gasteiger partial charge is 0.119 e. The fourth-order valence-electron chi connectivity index (χ4n) is 3.75. The average molecular weight is 326 g/mol. The molecule has 128 valence electrons. The van der Waals surface area contributed by atoms with Crippen LogP contribution in [-0.4, -0.2) is 41.2 Å². The van der Waals surface area contributed by atoms with Crippen LogP contribution in [-0.2, 0) is 0 Å². The highest BCUT2D eigenvalue weighted by Crippen LogP contribution is 2.34.